The van der Waals surface area contributed by atoms with Crippen molar-refractivity contribution in [2.45, 2.75) is 19.1 Å². The van der Waals surface area contributed by atoms with Crippen LogP contribution in [0.15, 0.2) is 12.1 Å². The molecule has 1 aromatic carbocycles. The first kappa shape index (κ1) is 11.4. The number of benzene rings is 1. The average molecular weight is 255 g/mol. The highest BCUT2D eigenvalue weighted by molar-refractivity contribution is 6.64. The van der Waals surface area contributed by atoms with E-state index in [0.29, 0.717) is 18.2 Å². The van der Waals surface area contributed by atoms with E-state index in [4.69, 9.17) is 25.6 Å². The fourth-order valence-corrected chi connectivity index (χ4v) is 2.63. The number of hydrogen-bond donors (Lipinski definition) is 1. The Morgan fingerprint density at radius 3 is 3.06 bits per heavy atom. The second-order valence-corrected chi connectivity index (χ2v) is 4.78. The van der Waals surface area contributed by atoms with Gasteiger partial charge in [0.05, 0.1) is 6.10 Å². The van der Waals surface area contributed by atoms with Gasteiger partial charge in [-0.3, -0.25) is 0 Å². The molecule has 2 aliphatic heterocycles. The number of rotatable bonds is 1. The Hall–Kier alpha value is -0.745. The van der Waals surface area contributed by atoms with Crippen molar-refractivity contribution < 1.29 is 19.8 Å². The lowest BCUT2D eigenvalue weighted by Crippen LogP contribution is -2.53. The summed E-state index contributed by atoms with van der Waals surface area (Å²) in [5.74, 6) is 0.815. The summed E-state index contributed by atoms with van der Waals surface area (Å²) in [6.45, 7) is 3.13. The summed E-state index contributed by atoms with van der Waals surface area (Å²) in [5.41, 5.74) is 5.80. The molecule has 90 valence electrons. The van der Waals surface area contributed by atoms with Gasteiger partial charge in [-0.2, -0.15) is 0 Å². The minimum atomic E-state index is -0.372. The minimum Gasteiger partial charge on any atom is -0.491 e. The second kappa shape index (κ2) is 4.17. The van der Waals surface area contributed by atoms with E-state index in [9.17, 15) is 0 Å². The van der Waals surface area contributed by atoms with Gasteiger partial charge in [-0.05, 0) is 19.1 Å². The highest BCUT2D eigenvalue weighted by Gasteiger charge is 2.44. The molecule has 2 atom stereocenters. The first-order valence-corrected chi connectivity index (χ1v) is 6.13. The van der Waals surface area contributed by atoms with Crippen LogP contribution < -0.4 is 15.9 Å². The van der Waals surface area contributed by atoms with Gasteiger partial charge >= 0.3 is 7.12 Å². The van der Waals surface area contributed by atoms with E-state index >= 15 is 0 Å². The molecule has 4 nitrogen and oxygen atoms in total. The van der Waals surface area contributed by atoms with Crippen molar-refractivity contribution in [1.82, 2.24) is 0 Å². The van der Waals surface area contributed by atoms with E-state index < -0.39 is 0 Å². The predicted molar refractivity (Wildman–Crippen MR) is 64.5 cm³/mol. The van der Waals surface area contributed by atoms with Gasteiger partial charge in [0.2, 0.25) is 0 Å². The zero-order chi connectivity index (χ0) is 12.0. The third-order valence-corrected chi connectivity index (χ3v) is 3.46. The highest BCUT2D eigenvalue weighted by Crippen LogP contribution is 2.34. The van der Waals surface area contributed by atoms with Gasteiger partial charge in [0.15, 0.2) is 0 Å². The van der Waals surface area contributed by atoms with Crippen LogP contribution in [0.2, 0.25) is 5.02 Å². The van der Waals surface area contributed by atoms with Gasteiger partial charge in [-0.25, -0.2) is 0 Å². The SMILES string of the molecule is CC1COc2ccc(Cl)c3c2B(O1)OC3C[NH3+]. The van der Waals surface area contributed by atoms with Crippen molar-refractivity contribution in [3.8, 4) is 5.75 Å². The molecule has 0 aliphatic carbocycles. The minimum absolute atomic E-state index is 0.00240. The summed E-state index contributed by atoms with van der Waals surface area (Å²) >= 11 is 6.23. The molecule has 3 rings (SSSR count). The summed E-state index contributed by atoms with van der Waals surface area (Å²) in [7, 11) is -0.372. The monoisotopic (exact) mass is 254 g/mol. The van der Waals surface area contributed by atoms with Crippen LogP contribution in [-0.2, 0) is 9.31 Å². The Morgan fingerprint density at radius 1 is 1.47 bits per heavy atom. The molecule has 0 saturated heterocycles. The van der Waals surface area contributed by atoms with Crippen molar-refractivity contribution >= 4 is 24.2 Å². The number of hydrogen-bond acceptors (Lipinski definition) is 3. The zero-order valence-corrected chi connectivity index (χ0v) is 10.4. The molecule has 2 heterocycles. The van der Waals surface area contributed by atoms with E-state index in [0.717, 1.165) is 16.8 Å². The van der Waals surface area contributed by atoms with Gasteiger partial charge in [0, 0.05) is 16.0 Å². The van der Waals surface area contributed by atoms with E-state index in [1.54, 1.807) is 0 Å². The summed E-state index contributed by atoms with van der Waals surface area (Å²) in [6.07, 6.45) is -0.0982. The summed E-state index contributed by atoms with van der Waals surface area (Å²) in [5, 5.41) is 0.696. The van der Waals surface area contributed by atoms with Crippen molar-refractivity contribution in [2.24, 2.45) is 0 Å². The molecule has 2 aliphatic rings. The lowest BCUT2D eigenvalue weighted by atomic mass is 9.77. The molecule has 17 heavy (non-hydrogen) atoms. The molecule has 1 aromatic rings. The standard InChI is InChI=1S/C11H13BClNO3/c1-6-5-15-8-3-2-7(13)10-9(4-14)17-12(16-6)11(8)10/h2-3,6,9H,4-5,14H2,1H3/p+1. The number of quaternary nitrogens is 1. The molecule has 0 bridgehead atoms. The molecular formula is C11H14BClNO3+. The summed E-state index contributed by atoms with van der Waals surface area (Å²) in [6, 6.07) is 3.73. The first-order chi connectivity index (χ1) is 8.20. The van der Waals surface area contributed by atoms with E-state index in [1.165, 1.54) is 0 Å². The average Bonchev–Trinajstić information content (AvgIpc) is 2.60. The van der Waals surface area contributed by atoms with Crippen molar-refractivity contribution in [3.05, 3.63) is 22.7 Å². The Bertz CT molecular complexity index is 457. The number of halogens is 1. The Kier molecular flexibility index (Phi) is 2.79. The van der Waals surface area contributed by atoms with Crippen LogP contribution in [0.5, 0.6) is 5.75 Å². The summed E-state index contributed by atoms with van der Waals surface area (Å²) in [4.78, 5) is 0. The maximum atomic E-state index is 6.23. The lowest BCUT2D eigenvalue weighted by Gasteiger charge is -2.14. The molecule has 0 saturated carbocycles. The van der Waals surface area contributed by atoms with Crippen molar-refractivity contribution in [3.63, 3.8) is 0 Å². The molecule has 6 heteroatoms. The second-order valence-electron chi connectivity index (χ2n) is 4.38. The quantitative estimate of drug-likeness (QED) is 0.726. The topological polar surface area (TPSA) is 55.3 Å². The maximum absolute atomic E-state index is 6.23. The fraction of sp³-hybridized carbons (Fsp3) is 0.455. The van der Waals surface area contributed by atoms with Crippen molar-refractivity contribution in [2.75, 3.05) is 13.2 Å². The van der Waals surface area contributed by atoms with Gasteiger partial charge < -0.3 is 19.8 Å². The number of ether oxygens (including phenoxy) is 1. The zero-order valence-electron chi connectivity index (χ0n) is 9.61. The molecule has 3 N–H and O–H groups in total. The normalized spacial score (nSPS) is 26.4. The van der Waals surface area contributed by atoms with E-state index in [2.05, 4.69) is 5.73 Å². The molecule has 0 aromatic heterocycles. The lowest BCUT2D eigenvalue weighted by molar-refractivity contribution is -0.383. The largest absolute Gasteiger partial charge is 0.499 e. The van der Waals surface area contributed by atoms with Gasteiger partial charge in [0.25, 0.3) is 0 Å². The van der Waals surface area contributed by atoms with Crippen LogP contribution in [0, 0.1) is 0 Å². The third kappa shape index (κ3) is 1.74. The van der Waals surface area contributed by atoms with Gasteiger partial charge in [0.1, 0.15) is 25.0 Å². The molecule has 2 unspecified atom stereocenters. The fourth-order valence-electron chi connectivity index (χ4n) is 2.34. The van der Waals surface area contributed by atoms with Crippen LogP contribution in [0.25, 0.3) is 0 Å². The van der Waals surface area contributed by atoms with Crippen molar-refractivity contribution in [1.29, 1.82) is 0 Å². The molecule has 0 spiro atoms. The Balaban J connectivity index is 2.14. The van der Waals surface area contributed by atoms with Crippen LogP contribution in [0.3, 0.4) is 0 Å². The third-order valence-electron chi connectivity index (χ3n) is 3.13. The van der Waals surface area contributed by atoms with E-state index in [-0.39, 0.29) is 19.3 Å². The van der Waals surface area contributed by atoms with Crippen LogP contribution in [0.4, 0.5) is 0 Å². The Morgan fingerprint density at radius 2 is 2.29 bits per heavy atom. The first-order valence-electron chi connectivity index (χ1n) is 5.76. The highest BCUT2D eigenvalue weighted by atomic mass is 35.5. The van der Waals surface area contributed by atoms with Crippen LogP contribution >= 0.6 is 11.6 Å². The molecule has 0 fully saturated rings. The Labute approximate surface area is 105 Å². The predicted octanol–water partition coefficient (Wildman–Crippen LogP) is 0.146. The van der Waals surface area contributed by atoms with Crippen LogP contribution in [0.1, 0.15) is 18.6 Å². The van der Waals surface area contributed by atoms with Crippen LogP contribution in [-0.4, -0.2) is 26.4 Å². The maximum Gasteiger partial charge on any atom is 0.499 e. The smallest absolute Gasteiger partial charge is 0.491 e. The molecular weight excluding hydrogens is 240 g/mol. The molecule has 0 radical (unpaired) electrons. The van der Waals surface area contributed by atoms with Gasteiger partial charge in [-0.15, -0.1) is 0 Å². The molecule has 0 amide bonds. The van der Waals surface area contributed by atoms with Gasteiger partial charge in [-0.1, -0.05) is 11.6 Å². The summed E-state index contributed by atoms with van der Waals surface area (Å²) < 4.78 is 17.4. The van der Waals surface area contributed by atoms with E-state index in [1.807, 2.05) is 19.1 Å².